The minimum atomic E-state index is -0.667. The van der Waals surface area contributed by atoms with Crippen molar-refractivity contribution in [3.8, 4) is 0 Å². The van der Waals surface area contributed by atoms with Gasteiger partial charge >= 0.3 is 5.97 Å². The third-order valence-electron chi connectivity index (χ3n) is 15.6. The van der Waals surface area contributed by atoms with Crippen LogP contribution in [0.3, 0.4) is 0 Å². The highest BCUT2D eigenvalue weighted by Crippen LogP contribution is 2.18. The van der Waals surface area contributed by atoms with E-state index in [2.05, 4.69) is 31.3 Å². The fourth-order valence-corrected chi connectivity index (χ4v) is 10.5. The molecule has 1 amide bonds. The highest BCUT2D eigenvalue weighted by atomic mass is 16.5. The van der Waals surface area contributed by atoms with Crippen LogP contribution in [0, 0.1) is 0 Å². The topological polar surface area (TPSA) is 95.9 Å². The van der Waals surface area contributed by atoms with Crippen molar-refractivity contribution in [3.63, 3.8) is 0 Å². The molecule has 0 aromatic carbocycles. The van der Waals surface area contributed by atoms with Gasteiger partial charge in [-0.15, -0.1) is 0 Å². The van der Waals surface area contributed by atoms with E-state index >= 15 is 0 Å². The zero-order chi connectivity index (χ0) is 52.2. The van der Waals surface area contributed by atoms with Crippen molar-refractivity contribution in [2.75, 3.05) is 13.2 Å². The van der Waals surface area contributed by atoms with E-state index in [9.17, 15) is 19.8 Å². The number of nitrogens with one attached hydrogen (secondary N) is 1. The lowest BCUT2D eigenvalue weighted by atomic mass is 10.0. The van der Waals surface area contributed by atoms with Crippen LogP contribution in [0.4, 0.5) is 0 Å². The molecule has 0 saturated heterocycles. The van der Waals surface area contributed by atoms with Crippen molar-refractivity contribution in [2.24, 2.45) is 0 Å². The third kappa shape index (κ3) is 57.9. The van der Waals surface area contributed by atoms with E-state index in [-0.39, 0.29) is 18.5 Å². The summed E-state index contributed by atoms with van der Waals surface area (Å²) in [5, 5.41) is 23.3. The Kier molecular flexibility index (Phi) is 60.9. The number of carbonyl (C=O) groups is 2. The SMILES string of the molecule is CCCCCCCCCCCCCCCCCCCC(O)C(CO)NC(=O)CCCCCCCCCC/C=C\CCCCCCCCCCCCCCOC(=O)CCCCCCCCCCCCCCCC. The number of hydrogen-bond donors (Lipinski definition) is 3. The molecule has 0 rings (SSSR count). The normalized spacial score (nSPS) is 12.6. The summed E-state index contributed by atoms with van der Waals surface area (Å²) in [6.45, 7) is 4.99. The molecule has 0 saturated carbocycles. The van der Waals surface area contributed by atoms with Crippen LogP contribution in [-0.4, -0.2) is 47.4 Å². The second kappa shape index (κ2) is 62.1. The number of carbonyl (C=O) groups excluding carboxylic acids is 2. The number of rotatable bonds is 62. The zero-order valence-electron chi connectivity index (χ0n) is 48.9. The van der Waals surface area contributed by atoms with Gasteiger partial charge in [-0.25, -0.2) is 0 Å². The smallest absolute Gasteiger partial charge is 0.305 e. The van der Waals surface area contributed by atoms with Gasteiger partial charge in [-0.3, -0.25) is 9.59 Å². The first kappa shape index (κ1) is 70.6. The maximum absolute atomic E-state index is 12.5. The highest BCUT2D eigenvalue weighted by Gasteiger charge is 2.20. The summed E-state index contributed by atoms with van der Waals surface area (Å²) in [6.07, 6.45) is 75.2. The van der Waals surface area contributed by atoms with Crippen LogP contribution < -0.4 is 5.32 Å². The molecule has 2 unspecified atom stereocenters. The van der Waals surface area contributed by atoms with Crippen LogP contribution in [0.2, 0.25) is 0 Å². The van der Waals surface area contributed by atoms with Crippen LogP contribution >= 0.6 is 0 Å². The number of amides is 1. The van der Waals surface area contributed by atoms with Crippen LogP contribution in [0.5, 0.6) is 0 Å². The number of esters is 1. The lowest BCUT2D eigenvalue weighted by Gasteiger charge is -2.22. The summed E-state index contributed by atoms with van der Waals surface area (Å²) in [7, 11) is 0. The van der Waals surface area contributed by atoms with Crippen molar-refractivity contribution >= 4 is 11.9 Å². The Morgan fingerprint density at radius 1 is 0.375 bits per heavy atom. The van der Waals surface area contributed by atoms with Crippen LogP contribution in [0.15, 0.2) is 12.2 Å². The molecule has 0 aromatic rings. The molecule has 0 radical (unpaired) electrons. The monoisotopic (exact) mass is 1020 g/mol. The molecule has 6 nitrogen and oxygen atoms in total. The van der Waals surface area contributed by atoms with E-state index in [1.807, 2.05) is 0 Å². The van der Waals surface area contributed by atoms with Crippen molar-refractivity contribution in [3.05, 3.63) is 12.2 Å². The Labute approximate surface area is 450 Å². The molecule has 0 bridgehead atoms. The Balaban J connectivity index is 3.39. The third-order valence-corrected chi connectivity index (χ3v) is 15.6. The molecule has 3 N–H and O–H groups in total. The Bertz CT molecular complexity index is 1080. The van der Waals surface area contributed by atoms with Crippen molar-refractivity contribution in [1.82, 2.24) is 5.32 Å². The Hall–Kier alpha value is -1.40. The molecule has 6 heteroatoms. The number of hydrogen-bond acceptors (Lipinski definition) is 5. The summed E-state index contributed by atoms with van der Waals surface area (Å²) in [5.41, 5.74) is 0. The molecular weight excluding hydrogens is 887 g/mol. The second-order valence-corrected chi connectivity index (χ2v) is 22.8. The Morgan fingerprint density at radius 2 is 0.653 bits per heavy atom. The van der Waals surface area contributed by atoms with Gasteiger partial charge in [0.15, 0.2) is 0 Å². The Morgan fingerprint density at radius 3 is 0.986 bits per heavy atom. The first-order valence-corrected chi connectivity index (χ1v) is 32.9. The number of aliphatic hydroxyl groups is 2. The quantitative estimate of drug-likeness (QED) is 0.0320. The van der Waals surface area contributed by atoms with Gasteiger partial charge in [0.2, 0.25) is 5.91 Å². The summed E-state index contributed by atoms with van der Waals surface area (Å²) in [4.78, 5) is 24.6. The fourth-order valence-electron chi connectivity index (χ4n) is 10.5. The molecule has 0 aromatic heterocycles. The van der Waals surface area contributed by atoms with Gasteiger partial charge in [0.1, 0.15) is 0 Å². The molecule has 72 heavy (non-hydrogen) atoms. The van der Waals surface area contributed by atoms with Gasteiger partial charge in [-0.05, 0) is 51.4 Å². The summed E-state index contributed by atoms with van der Waals surface area (Å²) in [6, 6.07) is -0.544. The molecule has 428 valence electrons. The number of aliphatic hydroxyl groups excluding tert-OH is 2. The van der Waals surface area contributed by atoms with E-state index in [0.717, 1.165) is 38.5 Å². The first-order chi connectivity index (χ1) is 35.5. The average Bonchev–Trinajstić information content (AvgIpc) is 3.38. The summed E-state index contributed by atoms with van der Waals surface area (Å²) in [5.74, 6) is -0.0204. The van der Waals surface area contributed by atoms with Crippen LogP contribution in [0.1, 0.15) is 373 Å². The lowest BCUT2D eigenvalue weighted by Crippen LogP contribution is -2.45. The maximum Gasteiger partial charge on any atom is 0.305 e. The van der Waals surface area contributed by atoms with Gasteiger partial charge in [0.25, 0.3) is 0 Å². The highest BCUT2D eigenvalue weighted by molar-refractivity contribution is 5.76. The molecule has 2 atom stereocenters. The largest absolute Gasteiger partial charge is 0.466 e. The predicted octanol–water partition coefficient (Wildman–Crippen LogP) is 20.8. The first-order valence-electron chi connectivity index (χ1n) is 32.9. The molecule has 0 aliphatic carbocycles. The van der Waals surface area contributed by atoms with Gasteiger partial charge in [0.05, 0.1) is 25.4 Å². The van der Waals surface area contributed by atoms with Gasteiger partial charge in [0, 0.05) is 12.8 Å². The van der Waals surface area contributed by atoms with Crippen LogP contribution in [0.25, 0.3) is 0 Å². The summed E-state index contributed by atoms with van der Waals surface area (Å²) < 4.78 is 5.49. The minimum absolute atomic E-state index is 0.0157. The van der Waals surface area contributed by atoms with E-state index in [1.54, 1.807) is 0 Å². The van der Waals surface area contributed by atoms with E-state index in [1.165, 1.54) is 302 Å². The van der Waals surface area contributed by atoms with Gasteiger partial charge in [-0.2, -0.15) is 0 Å². The van der Waals surface area contributed by atoms with Crippen molar-refractivity contribution in [2.45, 2.75) is 386 Å². The van der Waals surface area contributed by atoms with Crippen LogP contribution in [-0.2, 0) is 14.3 Å². The van der Waals surface area contributed by atoms with E-state index in [0.29, 0.717) is 25.9 Å². The molecule has 0 heterocycles. The summed E-state index contributed by atoms with van der Waals surface area (Å²) >= 11 is 0. The molecule has 0 spiro atoms. The molecule has 0 aliphatic heterocycles. The van der Waals surface area contributed by atoms with Gasteiger partial charge < -0.3 is 20.3 Å². The number of ether oxygens (including phenoxy) is 1. The number of allylic oxidation sites excluding steroid dienone is 2. The van der Waals surface area contributed by atoms with Crippen molar-refractivity contribution < 1.29 is 24.5 Å². The molecular formula is C66H129NO5. The standard InChI is InChI=1S/C66H129NO5/c1-3-5-7-9-11-13-15-17-19-28-31-34-38-42-46-50-54-58-64(69)63(62-68)67-65(70)59-55-51-47-43-39-35-32-29-26-24-22-20-21-23-25-27-30-33-37-41-45-49-53-57-61-72-66(71)60-56-52-48-44-40-36-18-16-14-12-10-8-6-4-2/h22,24,63-64,68-69H,3-21,23,25-62H2,1-2H3,(H,67,70)/b24-22-. The molecule has 0 fully saturated rings. The molecule has 0 aliphatic rings. The number of unbranched alkanes of at least 4 members (excludes halogenated alkanes) is 49. The lowest BCUT2D eigenvalue weighted by molar-refractivity contribution is -0.143. The van der Waals surface area contributed by atoms with Gasteiger partial charge in [-0.1, -0.05) is 321 Å². The maximum atomic E-state index is 12.5. The van der Waals surface area contributed by atoms with Crippen molar-refractivity contribution in [1.29, 1.82) is 0 Å². The fraction of sp³-hybridized carbons (Fsp3) is 0.939. The zero-order valence-corrected chi connectivity index (χ0v) is 48.9. The predicted molar refractivity (Wildman–Crippen MR) is 315 cm³/mol. The van der Waals surface area contributed by atoms with E-state index in [4.69, 9.17) is 4.74 Å². The minimum Gasteiger partial charge on any atom is -0.466 e. The average molecular weight is 1020 g/mol. The second-order valence-electron chi connectivity index (χ2n) is 22.8. The van der Waals surface area contributed by atoms with E-state index < -0.39 is 12.1 Å².